The largest absolute Gasteiger partial charge is 0.490 e. The lowest BCUT2D eigenvalue weighted by atomic mass is 9.74. The molecule has 2 aliphatic carbocycles. The van der Waals surface area contributed by atoms with Crippen LogP contribution in [0.2, 0.25) is 0 Å². The van der Waals surface area contributed by atoms with Gasteiger partial charge in [0.1, 0.15) is 5.52 Å². The molecule has 9 heteroatoms. The van der Waals surface area contributed by atoms with Crippen LogP contribution in [0.3, 0.4) is 0 Å². The zero-order chi connectivity index (χ0) is 19.4. The van der Waals surface area contributed by atoms with Crippen molar-refractivity contribution >= 4 is 17.3 Å². The second-order valence-corrected chi connectivity index (χ2v) is 7.17. The minimum Gasteiger partial charge on any atom is -0.475 e. The summed E-state index contributed by atoms with van der Waals surface area (Å²) in [6.45, 7) is 0. The number of halogens is 3. The second kappa shape index (κ2) is 8.14. The van der Waals surface area contributed by atoms with E-state index in [2.05, 4.69) is 15.3 Å². The first-order valence-electron chi connectivity index (χ1n) is 9.19. The molecule has 2 aliphatic rings. The third kappa shape index (κ3) is 4.70. The van der Waals surface area contributed by atoms with Gasteiger partial charge in [0.15, 0.2) is 5.82 Å². The number of hydrogen-bond acceptors (Lipinski definition) is 4. The minimum absolute atomic E-state index is 0.611. The van der Waals surface area contributed by atoms with Crippen molar-refractivity contribution in [1.29, 1.82) is 0 Å². The highest BCUT2D eigenvalue weighted by Gasteiger charge is 2.38. The number of rotatable bonds is 4. The molecule has 2 fully saturated rings. The fourth-order valence-electron chi connectivity index (χ4n) is 3.86. The highest BCUT2D eigenvalue weighted by atomic mass is 19.4. The number of aliphatic carboxylic acids is 1. The molecule has 27 heavy (non-hydrogen) atoms. The number of nitrogens with one attached hydrogen (secondary N) is 1. The Morgan fingerprint density at radius 3 is 2.30 bits per heavy atom. The quantitative estimate of drug-likeness (QED) is 0.828. The third-order valence-corrected chi connectivity index (χ3v) is 5.45. The maximum atomic E-state index is 10.6. The van der Waals surface area contributed by atoms with Gasteiger partial charge in [-0.25, -0.2) is 14.8 Å². The van der Waals surface area contributed by atoms with E-state index in [1.165, 1.54) is 44.9 Å². The maximum Gasteiger partial charge on any atom is 0.490 e. The Labute approximate surface area is 154 Å². The molecular weight excluding hydrogens is 361 g/mol. The van der Waals surface area contributed by atoms with E-state index in [-0.39, 0.29) is 0 Å². The Kier molecular flexibility index (Phi) is 5.86. The molecule has 0 bridgehead atoms. The second-order valence-electron chi connectivity index (χ2n) is 7.17. The Morgan fingerprint density at radius 1 is 1.19 bits per heavy atom. The number of carbonyl (C=O) groups is 1. The highest BCUT2D eigenvalue weighted by molar-refractivity contribution is 5.73. The van der Waals surface area contributed by atoms with Crippen LogP contribution in [0, 0.1) is 11.8 Å². The first-order valence-corrected chi connectivity index (χ1v) is 9.19. The van der Waals surface area contributed by atoms with Crippen LogP contribution in [-0.2, 0) is 4.79 Å². The summed E-state index contributed by atoms with van der Waals surface area (Å²) >= 11 is 0. The van der Waals surface area contributed by atoms with Gasteiger partial charge in [0, 0.05) is 18.4 Å². The lowest BCUT2D eigenvalue weighted by molar-refractivity contribution is -0.192. The van der Waals surface area contributed by atoms with Crippen LogP contribution in [0.25, 0.3) is 5.52 Å². The van der Waals surface area contributed by atoms with Crippen molar-refractivity contribution in [1.82, 2.24) is 14.4 Å². The molecule has 0 aromatic carbocycles. The van der Waals surface area contributed by atoms with E-state index in [4.69, 9.17) is 9.90 Å². The molecule has 2 saturated carbocycles. The smallest absolute Gasteiger partial charge is 0.475 e. The third-order valence-electron chi connectivity index (χ3n) is 5.45. The molecule has 1 atom stereocenters. The fourth-order valence-corrected chi connectivity index (χ4v) is 3.86. The lowest BCUT2D eigenvalue weighted by Crippen LogP contribution is -2.39. The molecule has 148 valence electrons. The van der Waals surface area contributed by atoms with E-state index in [1.54, 1.807) is 0 Å². The van der Waals surface area contributed by atoms with Crippen molar-refractivity contribution in [2.75, 3.05) is 5.32 Å². The van der Waals surface area contributed by atoms with Crippen molar-refractivity contribution in [3.8, 4) is 0 Å². The Hall–Kier alpha value is -2.32. The number of anilines is 1. The maximum absolute atomic E-state index is 10.6. The molecule has 0 saturated heterocycles. The normalized spacial score (nSPS) is 19.2. The van der Waals surface area contributed by atoms with Crippen LogP contribution in [0.5, 0.6) is 0 Å². The standard InChI is InChI=1S/C16H22N4.C2HF3O2/c1-2-5-12(4-1)15(13-6-3-7-13)19-16-14-10-17-11-20(14)9-8-18-16;3-2(4,5)1(6)7/h8-13,15H,1-7H2,(H,18,19);(H,6,7). The predicted octanol–water partition coefficient (Wildman–Crippen LogP) is 4.13. The molecule has 1 unspecified atom stereocenters. The number of fused-ring (bicyclic) bond motifs is 1. The summed E-state index contributed by atoms with van der Waals surface area (Å²) in [5.74, 6) is -0.0605. The summed E-state index contributed by atoms with van der Waals surface area (Å²) in [5.41, 5.74) is 1.09. The highest BCUT2D eigenvalue weighted by Crippen LogP contribution is 2.40. The van der Waals surface area contributed by atoms with E-state index in [9.17, 15) is 13.2 Å². The number of aromatic nitrogens is 3. The summed E-state index contributed by atoms with van der Waals surface area (Å²) < 4.78 is 33.8. The summed E-state index contributed by atoms with van der Waals surface area (Å²) in [6, 6.07) is 0.611. The van der Waals surface area contributed by atoms with Crippen LogP contribution < -0.4 is 5.32 Å². The zero-order valence-corrected chi connectivity index (χ0v) is 14.8. The zero-order valence-electron chi connectivity index (χ0n) is 14.8. The average Bonchev–Trinajstić information content (AvgIpc) is 3.24. The molecule has 0 radical (unpaired) electrons. The summed E-state index contributed by atoms with van der Waals surface area (Å²) in [7, 11) is 0. The van der Waals surface area contributed by atoms with Gasteiger partial charge in [-0.1, -0.05) is 19.3 Å². The number of hydrogen-bond donors (Lipinski definition) is 2. The van der Waals surface area contributed by atoms with Gasteiger partial charge >= 0.3 is 12.1 Å². The van der Waals surface area contributed by atoms with Crippen LogP contribution in [0.15, 0.2) is 24.9 Å². The summed E-state index contributed by atoms with van der Waals surface area (Å²) in [6.07, 6.45) is 12.2. The molecule has 0 aliphatic heterocycles. The number of imidazole rings is 1. The van der Waals surface area contributed by atoms with E-state index >= 15 is 0 Å². The number of carboxylic acid groups (broad SMARTS) is 1. The van der Waals surface area contributed by atoms with Crippen LogP contribution in [-0.4, -0.2) is 37.7 Å². The van der Waals surface area contributed by atoms with Gasteiger partial charge in [0.25, 0.3) is 0 Å². The van der Waals surface area contributed by atoms with Gasteiger partial charge in [0.05, 0.1) is 12.5 Å². The summed E-state index contributed by atoms with van der Waals surface area (Å²) in [5, 5.41) is 10.9. The van der Waals surface area contributed by atoms with E-state index in [0.717, 1.165) is 23.2 Å². The molecule has 6 nitrogen and oxygen atoms in total. The molecule has 0 amide bonds. The van der Waals surface area contributed by atoms with Gasteiger partial charge in [-0.3, -0.25) is 0 Å². The Morgan fingerprint density at radius 2 is 1.78 bits per heavy atom. The molecule has 2 aromatic heterocycles. The van der Waals surface area contributed by atoms with Crippen LogP contribution in [0.4, 0.5) is 19.0 Å². The summed E-state index contributed by atoms with van der Waals surface area (Å²) in [4.78, 5) is 17.7. The van der Waals surface area contributed by atoms with Gasteiger partial charge in [0.2, 0.25) is 0 Å². The van der Waals surface area contributed by atoms with Crippen LogP contribution >= 0.6 is 0 Å². The van der Waals surface area contributed by atoms with E-state index < -0.39 is 12.1 Å². The topological polar surface area (TPSA) is 79.5 Å². The van der Waals surface area contributed by atoms with Crippen molar-refractivity contribution < 1.29 is 23.1 Å². The predicted molar refractivity (Wildman–Crippen MR) is 93.4 cm³/mol. The molecule has 2 aromatic rings. The Bertz CT molecular complexity index is 767. The number of carboxylic acids is 1. The van der Waals surface area contributed by atoms with Crippen molar-refractivity contribution in [3.63, 3.8) is 0 Å². The van der Waals surface area contributed by atoms with E-state index in [0.29, 0.717) is 6.04 Å². The van der Waals surface area contributed by atoms with Crippen molar-refractivity contribution in [3.05, 3.63) is 24.9 Å². The van der Waals surface area contributed by atoms with Crippen molar-refractivity contribution in [2.24, 2.45) is 11.8 Å². The fraction of sp³-hybridized carbons (Fsp3) is 0.611. The molecule has 0 spiro atoms. The lowest BCUT2D eigenvalue weighted by Gasteiger charge is -2.38. The first kappa shape index (κ1) is 19.4. The first-order chi connectivity index (χ1) is 12.9. The molecular formula is C18H23F3N4O2. The monoisotopic (exact) mass is 384 g/mol. The molecule has 2 heterocycles. The number of alkyl halides is 3. The Balaban J connectivity index is 0.000000260. The average molecular weight is 384 g/mol. The number of nitrogens with zero attached hydrogens (tertiary/aromatic N) is 3. The SMILES string of the molecule is O=C(O)C(F)(F)F.c1cn2cncc2c(NC(C2CCCC2)C2CCC2)n1. The minimum atomic E-state index is -5.08. The van der Waals surface area contributed by atoms with Gasteiger partial charge < -0.3 is 14.8 Å². The van der Waals surface area contributed by atoms with Gasteiger partial charge in [-0.05, 0) is 37.5 Å². The van der Waals surface area contributed by atoms with Gasteiger partial charge in [-0.2, -0.15) is 13.2 Å². The molecule has 4 rings (SSSR count). The van der Waals surface area contributed by atoms with Crippen molar-refractivity contribution in [2.45, 2.75) is 57.2 Å². The van der Waals surface area contributed by atoms with Crippen LogP contribution in [0.1, 0.15) is 44.9 Å². The van der Waals surface area contributed by atoms with Gasteiger partial charge in [-0.15, -0.1) is 0 Å². The molecule has 2 N–H and O–H groups in total. The van der Waals surface area contributed by atoms with E-state index in [1.807, 2.05) is 29.3 Å².